The zero-order valence-electron chi connectivity index (χ0n) is 13.5. The summed E-state index contributed by atoms with van der Waals surface area (Å²) in [5.74, 6) is -2.30. The highest BCUT2D eigenvalue weighted by molar-refractivity contribution is 6.04. The molecule has 0 aliphatic rings. The SMILES string of the molecule is CC(C)C[C@H](NC(=O)CNC(=O)NC(=O)c1ccccc1)C(=O)O. The molecule has 0 radical (unpaired) electrons. The number of benzene rings is 1. The van der Waals surface area contributed by atoms with Crippen LogP contribution in [0.25, 0.3) is 0 Å². The van der Waals surface area contributed by atoms with Gasteiger partial charge in [0, 0.05) is 5.56 Å². The fourth-order valence-electron chi connectivity index (χ4n) is 1.91. The van der Waals surface area contributed by atoms with Crippen molar-refractivity contribution in [1.82, 2.24) is 16.0 Å². The van der Waals surface area contributed by atoms with E-state index < -0.39 is 36.4 Å². The van der Waals surface area contributed by atoms with Crippen LogP contribution < -0.4 is 16.0 Å². The summed E-state index contributed by atoms with van der Waals surface area (Å²) in [6, 6.07) is 6.26. The van der Waals surface area contributed by atoms with Gasteiger partial charge in [-0.1, -0.05) is 32.0 Å². The van der Waals surface area contributed by atoms with Gasteiger partial charge in [0.15, 0.2) is 0 Å². The fraction of sp³-hybridized carbons (Fsp3) is 0.375. The quantitative estimate of drug-likeness (QED) is 0.585. The average Bonchev–Trinajstić information content (AvgIpc) is 2.52. The summed E-state index contributed by atoms with van der Waals surface area (Å²) in [6.45, 7) is 3.24. The molecule has 1 rings (SSSR count). The van der Waals surface area contributed by atoms with Gasteiger partial charge in [0.2, 0.25) is 5.91 Å². The minimum absolute atomic E-state index is 0.0890. The van der Waals surface area contributed by atoms with E-state index in [0.717, 1.165) is 0 Å². The molecule has 0 bridgehead atoms. The van der Waals surface area contributed by atoms with E-state index in [4.69, 9.17) is 5.11 Å². The van der Waals surface area contributed by atoms with Crippen molar-refractivity contribution in [1.29, 1.82) is 0 Å². The largest absolute Gasteiger partial charge is 0.480 e. The van der Waals surface area contributed by atoms with Crippen LogP contribution in [0.3, 0.4) is 0 Å². The fourth-order valence-corrected chi connectivity index (χ4v) is 1.91. The van der Waals surface area contributed by atoms with Crippen LogP contribution in [0.4, 0.5) is 4.79 Å². The molecule has 130 valence electrons. The molecule has 0 aliphatic carbocycles. The Hall–Kier alpha value is -2.90. The van der Waals surface area contributed by atoms with Crippen LogP contribution in [-0.2, 0) is 9.59 Å². The molecule has 0 spiro atoms. The maximum Gasteiger partial charge on any atom is 0.326 e. The van der Waals surface area contributed by atoms with Crippen molar-refractivity contribution >= 4 is 23.8 Å². The minimum atomic E-state index is -1.14. The van der Waals surface area contributed by atoms with Gasteiger partial charge in [0.25, 0.3) is 5.91 Å². The lowest BCUT2D eigenvalue weighted by Crippen LogP contribution is -2.48. The van der Waals surface area contributed by atoms with E-state index in [2.05, 4.69) is 16.0 Å². The number of rotatable bonds is 7. The number of carbonyl (C=O) groups is 4. The van der Waals surface area contributed by atoms with Crippen molar-refractivity contribution < 1.29 is 24.3 Å². The van der Waals surface area contributed by atoms with Crippen molar-refractivity contribution in [2.45, 2.75) is 26.3 Å². The molecule has 0 saturated heterocycles. The van der Waals surface area contributed by atoms with E-state index in [9.17, 15) is 19.2 Å². The molecule has 0 saturated carbocycles. The summed E-state index contributed by atoms with van der Waals surface area (Å²) in [6.07, 6.45) is 0.278. The van der Waals surface area contributed by atoms with E-state index in [-0.39, 0.29) is 12.3 Å². The zero-order valence-corrected chi connectivity index (χ0v) is 13.5. The van der Waals surface area contributed by atoms with Crippen molar-refractivity contribution in [2.24, 2.45) is 5.92 Å². The molecule has 0 heterocycles. The van der Waals surface area contributed by atoms with Crippen LogP contribution in [0.5, 0.6) is 0 Å². The molecule has 0 unspecified atom stereocenters. The minimum Gasteiger partial charge on any atom is -0.480 e. The second kappa shape index (κ2) is 9.29. The molecule has 4 N–H and O–H groups in total. The zero-order chi connectivity index (χ0) is 18.1. The highest BCUT2D eigenvalue weighted by atomic mass is 16.4. The molecule has 0 fully saturated rings. The summed E-state index contributed by atoms with van der Waals surface area (Å²) in [7, 11) is 0. The molecule has 1 aromatic rings. The van der Waals surface area contributed by atoms with Crippen molar-refractivity contribution in [2.75, 3.05) is 6.54 Å². The standard InChI is InChI=1S/C16H21N3O5/c1-10(2)8-12(15(22)23)18-13(20)9-17-16(24)19-14(21)11-6-4-3-5-7-11/h3-7,10,12H,8-9H2,1-2H3,(H,18,20)(H,22,23)(H2,17,19,21,24)/t12-/m0/s1. The van der Waals surface area contributed by atoms with Gasteiger partial charge in [-0.3, -0.25) is 14.9 Å². The smallest absolute Gasteiger partial charge is 0.326 e. The van der Waals surface area contributed by atoms with Crippen molar-refractivity contribution in [3.05, 3.63) is 35.9 Å². The number of carbonyl (C=O) groups excluding carboxylic acids is 3. The van der Waals surface area contributed by atoms with Crippen molar-refractivity contribution in [3.63, 3.8) is 0 Å². The third-order valence-corrected chi connectivity index (χ3v) is 3.01. The van der Waals surface area contributed by atoms with Gasteiger partial charge in [-0.05, 0) is 24.5 Å². The first-order chi connectivity index (χ1) is 11.3. The Morgan fingerprint density at radius 1 is 1.08 bits per heavy atom. The molecular formula is C16H21N3O5. The molecule has 1 atom stereocenters. The number of carboxylic acids is 1. The third-order valence-electron chi connectivity index (χ3n) is 3.01. The van der Waals surface area contributed by atoms with Crippen molar-refractivity contribution in [3.8, 4) is 0 Å². The first kappa shape index (κ1) is 19.1. The summed E-state index contributed by atoms with van der Waals surface area (Å²) >= 11 is 0. The Labute approximate surface area is 139 Å². The molecule has 1 aromatic carbocycles. The number of urea groups is 1. The van der Waals surface area contributed by atoms with Crippen LogP contribution >= 0.6 is 0 Å². The number of amides is 4. The molecule has 8 nitrogen and oxygen atoms in total. The number of imide groups is 1. The van der Waals surface area contributed by atoms with Gasteiger partial charge in [0.05, 0.1) is 6.54 Å². The van der Waals surface area contributed by atoms with E-state index in [1.807, 2.05) is 13.8 Å². The normalized spacial score (nSPS) is 11.5. The molecule has 8 heteroatoms. The monoisotopic (exact) mass is 335 g/mol. The van der Waals surface area contributed by atoms with Gasteiger partial charge < -0.3 is 15.7 Å². The van der Waals surface area contributed by atoms with Crippen LogP contribution in [-0.4, -0.2) is 41.5 Å². The second-order valence-corrected chi connectivity index (χ2v) is 5.59. The number of nitrogens with one attached hydrogen (secondary N) is 3. The predicted octanol–water partition coefficient (Wildman–Crippen LogP) is 0.741. The summed E-state index contributed by atoms with van der Waals surface area (Å²) < 4.78 is 0. The van der Waals surface area contributed by atoms with Gasteiger partial charge in [0.1, 0.15) is 6.04 Å². The molecule has 4 amide bonds. The average molecular weight is 335 g/mol. The molecule has 24 heavy (non-hydrogen) atoms. The summed E-state index contributed by atoms with van der Waals surface area (Å²) in [5, 5.41) is 15.6. The lowest BCUT2D eigenvalue weighted by atomic mass is 10.0. The van der Waals surface area contributed by atoms with E-state index in [1.54, 1.807) is 30.3 Å². The lowest BCUT2D eigenvalue weighted by Gasteiger charge is -2.16. The predicted molar refractivity (Wildman–Crippen MR) is 86.3 cm³/mol. The van der Waals surface area contributed by atoms with E-state index in [0.29, 0.717) is 5.56 Å². The second-order valence-electron chi connectivity index (χ2n) is 5.59. The number of hydrogen-bond acceptors (Lipinski definition) is 4. The summed E-state index contributed by atoms with van der Waals surface area (Å²) in [4.78, 5) is 46.1. The molecule has 0 aromatic heterocycles. The van der Waals surface area contributed by atoms with Gasteiger partial charge >= 0.3 is 12.0 Å². The Balaban J connectivity index is 2.41. The highest BCUT2D eigenvalue weighted by Crippen LogP contribution is 2.04. The van der Waals surface area contributed by atoms with Crippen LogP contribution in [0.2, 0.25) is 0 Å². The lowest BCUT2D eigenvalue weighted by molar-refractivity contribution is -0.142. The third kappa shape index (κ3) is 6.91. The van der Waals surface area contributed by atoms with Crippen LogP contribution in [0, 0.1) is 5.92 Å². The van der Waals surface area contributed by atoms with Gasteiger partial charge in [-0.25, -0.2) is 9.59 Å². The van der Waals surface area contributed by atoms with Gasteiger partial charge in [-0.15, -0.1) is 0 Å². The first-order valence-corrected chi connectivity index (χ1v) is 7.46. The topological polar surface area (TPSA) is 125 Å². The maximum atomic E-state index is 11.7. The Morgan fingerprint density at radius 2 is 1.71 bits per heavy atom. The maximum absolute atomic E-state index is 11.7. The van der Waals surface area contributed by atoms with Crippen LogP contribution in [0.15, 0.2) is 30.3 Å². The number of hydrogen-bond donors (Lipinski definition) is 4. The Bertz CT molecular complexity index is 601. The van der Waals surface area contributed by atoms with Gasteiger partial charge in [-0.2, -0.15) is 0 Å². The Morgan fingerprint density at radius 3 is 2.25 bits per heavy atom. The highest BCUT2D eigenvalue weighted by Gasteiger charge is 2.21. The van der Waals surface area contributed by atoms with Crippen LogP contribution in [0.1, 0.15) is 30.6 Å². The number of carboxylic acid groups (broad SMARTS) is 1. The van der Waals surface area contributed by atoms with E-state index in [1.165, 1.54) is 0 Å². The first-order valence-electron chi connectivity index (χ1n) is 7.46. The molecule has 0 aliphatic heterocycles. The number of aliphatic carboxylic acids is 1. The molecular weight excluding hydrogens is 314 g/mol. The van der Waals surface area contributed by atoms with E-state index >= 15 is 0 Å². The Kier molecular flexibility index (Phi) is 7.41. The summed E-state index contributed by atoms with van der Waals surface area (Å²) in [5.41, 5.74) is 0.306.